The van der Waals surface area contributed by atoms with Gasteiger partial charge in [-0.15, -0.1) is 0 Å². The van der Waals surface area contributed by atoms with Gasteiger partial charge < -0.3 is 10.1 Å². The largest absolute Gasteiger partial charge is 0.489 e. The molecule has 1 aromatic carbocycles. The molecule has 0 saturated carbocycles. The Morgan fingerprint density at radius 3 is 3.10 bits per heavy atom. The molecule has 0 radical (unpaired) electrons. The Kier molecular flexibility index (Phi) is 3.74. The zero-order valence-electron chi connectivity index (χ0n) is 12.1. The smallest absolute Gasteiger partial charge is 0.120 e. The molecule has 20 heavy (non-hydrogen) atoms. The van der Waals surface area contributed by atoms with Crippen molar-refractivity contribution < 1.29 is 4.74 Å². The molecule has 1 unspecified atom stereocenters. The average Bonchev–Trinajstić information content (AvgIpc) is 2.90. The van der Waals surface area contributed by atoms with Crippen molar-refractivity contribution in [1.29, 1.82) is 0 Å². The van der Waals surface area contributed by atoms with Crippen molar-refractivity contribution in [2.75, 3.05) is 7.05 Å². The van der Waals surface area contributed by atoms with Crippen LogP contribution in [0.15, 0.2) is 30.6 Å². The van der Waals surface area contributed by atoms with Crippen LogP contribution in [0.2, 0.25) is 0 Å². The Morgan fingerprint density at radius 2 is 2.35 bits per heavy atom. The Bertz CT molecular complexity index is 591. The summed E-state index contributed by atoms with van der Waals surface area (Å²) in [6, 6.07) is 6.93. The first kappa shape index (κ1) is 13.2. The van der Waals surface area contributed by atoms with Crippen molar-refractivity contribution in [1.82, 2.24) is 15.1 Å². The van der Waals surface area contributed by atoms with Crippen LogP contribution in [0.4, 0.5) is 0 Å². The highest BCUT2D eigenvalue weighted by Crippen LogP contribution is 2.32. The van der Waals surface area contributed by atoms with Gasteiger partial charge in [-0.05, 0) is 49.6 Å². The fourth-order valence-electron chi connectivity index (χ4n) is 2.88. The Balaban J connectivity index is 1.74. The Hall–Kier alpha value is -1.81. The summed E-state index contributed by atoms with van der Waals surface area (Å²) in [5.41, 5.74) is 3.93. The number of aromatic nitrogens is 2. The normalized spacial score (nSPS) is 17.8. The number of benzene rings is 1. The van der Waals surface area contributed by atoms with Gasteiger partial charge in [-0.1, -0.05) is 6.07 Å². The molecule has 1 atom stereocenters. The molecule has 0 saturated heterocycles. The maximum atomic E-state index is 5.88. The number of aryl methyl sites for hydroxylation is 2. The fourth-order valence-corrected chi connectivity index (χ4v) is 2.88. The van der Waals surface area contributed by atoms with Gasteiger partial charge in [0.2, 0.25) is 0 Å². The van der Waals surface area contributed by atoms with Crippen LogP contribution in [0.25, 0.3) is 0 Å². The van der Waals surface area contributed by atoms with E-state index in [1.165, 1.54) is 30.4 Å². The first-order chi connectivity index (χ1) is 9.76. The van der Waals surface area contributed by atoms with Crippen LogP contribution in [-0.2, 0) is 20.1 Å². The van der Waals surface area contributed by atoms with E-state index in [1.807, 2.05) is 26.5 Å². The molecule has 106 valence electrons. The molecule has 1 aromatic heterocycles. The minimum atomic E-state index is 0.459. The van der Waals surface area contributed by atoms with Gasteiger partial charge in [0, 0.05) is 24.8 Å². The molecule has 1 heterocycles. The topological polar surface area (TPSA) is 39.1 Å². The van der Waals surface area contributed by atoms with Crippen LogP contribution >= 0.6 is 0 Å². The molecule has 1 aliphatic rings. The second-order valence-corrected chi connectivity index (χ2v) is 5.41. The number of nitrogens with zero attached hydrogens (tertiary/aromatic N) is 2. The molecule has 0 spiro atoms. The number of ether oxygens (including phenoxy) is 1. The molecule has 0 fully saturated rings. The summed E-state index contributed by atoms with van der Waals surface area (Å²) in [7, 11) is 3.95. The minimum absolute atomic E-state index is 0.459. The first-order valence-electron chi connectivity index (χ1n) is 7.16. The molecular formula is C16H21N3O. The lowest BCUT2D eigenvalue weighted by Crippen LogP contribution is -2.21. The summed E-state index contributed by atoms with van der Waals surface area (Å²) in [6.07, 6.45) is 7.46. The molecular weight excluding hydrogens is 250 g/mol. The van der Waals surface area contributed by atoms with E-state index in [1.54, 1.807) is 4.68 Å². The van der Waals surface area contributed by atoms with Crippen molar-refractivity contribution in [2.45, 2.75) is 31.9 Å². The summed E-state index contributed by atoms with van der Waals surface area (Å²) in [6.45, 7) is 0.566. The summed E-state index contributed by atoms with van der Waals surface area (Å²) in [4.78, 5) is 0. The monoisotopic (exact) mass is 271 g/mol. The molecule has 3 rings (SSSR count). The number of rotatable bonds is 4. The lowest BCUT2D eigenvalue weighted by Gasteiger charge is -2.25. The molecule has 0 aliphatic heterocycles. The number of hydrogen-bond acceptors (Lipinski definition) is 3. The first-order valence-corrected chi connectivity index (χ1v) is 7.16. The van der Waals surface area contributed by atoms with Crippen LogP contribution in [0.5, 0.6) is 5.75 Å². The Morgan fingerprint density at radius 1 is 1.45 bits per heavy atom. The van der Waals surface area contributed by atoms with Crippen LogP contribution < -0.4 is 10.1 Å². The van der Waals surface area contributed by atoms with Gasteiger partial charge in [0.15, 0.2) is 0 Å². The molecule has 4 heteroatoms. The van der Waals surface area contributed by atoms with Gasteiger partial charge in [0.1, 0.15) is 12.4 Å². The second-order valence-electron chi connectivity index (χ2n) is 5.41. The van der Waals surface area contributed by atoms with E-state index in [0.29, 0.717) is 12.6 Å². The fraction of sp³-hybridized carbons (Fsp3) is 0.438. The predicted octanol–water partition coefficient (Wildman–Crippen LogP) is 2.60. The number of fused-ring (bicyclic) bond motifs is 1. The van der Waals surface area contributed by atoms with Crippen molar-refractivity contribution in [3.63, 3.8) is 0 Å². The zero-order valence-corrected chi connectivity index (χ0v) is 12.1. The van der Waals surface area contributed by atoms with Crippen LogP contribution in [0, 0.1) is 0 Å². The highest BCUT2D eigenvalue weighted by Gasteiger charge is 2.19. The molecule has 0 amide bonds. The predicted molar refractivity (Wildman–Crippen MR) is 78.7 cm³/mol. The third kappa shape index (κ3) is 2.70. The maximum Gasteiger partial charge on any atom is 0.120 e. The Labute approximate surface area is 119 Å². The molecule has 1 N–H and O–H groups in total. The third-order valence-corrected chi connectivity index (χ3v) is 3.94. The van der Waals surface area contributed by atoms with Crippen LogP contribution in [-0.4, -0.2) is 16.8 Å². The summed E-state index contributed by atoms with van der Waals surface area (Å²) >= 11 is 0. The maximum absolute atomic E-state index is 5.88. The third-order valence-electron chi connectivity index (χ3n) is 3.94. The zero-order chi connectivity index (χ0) is 13.9. The average molecular weight is 271 g/mol. The van der Waals surface area contributed by atoms with Gasteiger partial charge in [-0.2, -0.15) is 5.10 Å². The lowest BCUT2D eigenvalue weighted by atomic mass is 9.87. The van der Waals surface area contributed by atoms with Gasteiger partial charge >= 0.3 is 0 Å². The van der Waals surface area contributed by atoms with E-state index in [-0.39, 0.29) is 0 Å². The quantitative estimate of drug-likeness (QED) is 0.929. The van der Waals surface area contributed by atoms with Crippen molar-refractivity contribution >= 4 is 0 Å². The van der Waals surface area contributed by atoms with E-state index in [9.17, 15) is 0 Å². The van der Waals surface area contributed by atoms with Crippen molar-refractivity contribution in [3.05, 3.63) is 47.3 Å². The van der Waals surface area contributed by atoms with Gasteiger partial charge in [-0.3, -0.25) is 4.68 Å². The minimum Gasteiger partial charge on any atom is -0.489 e. The van der Waals surface area contributed by atoms with Crippen molar-refractivity contribution in [3.8, 4) is 5.75 Å². The van der Waals surface area contributed by atoms with Gasteiger partial charge in [0.05, 0.1) is 6.20 Å². The summed E-state index contributed by atoms with van der Waals surface area (Å²) in [5, 5.41) is 7.55. The van der Waals surface area contributed by atoms with E-state index in [2.05, 4.69) is 28.6 Å². The molecule has 4 nitrogen and oxygen atoms in total. The second kappa shape index (κ2) is 5.67. The van der Waals surface area contributed by atoms with Crippen LogP contribution in [0.3, 0.4) is 0 Å². The van der Waals surface area contributed by atoms with E-state index < -0.39 is 0 Å². The molecule has 2 aromatic rings. The van der Waals surface area contributed by atoms with Gasteiger partial charge in [0.25, 0.3) is 0 Å². The summed E-state index contributed by atoms with van der Waals surface area (Å²) < 4.78 is 7.68. The van der Waals surface area contributed by atoms with E-state index in [0.717, 1.165) is 11.3 Å². The SMILES string of the molecule is CNC1CCCc2ccc(OCc3cnn(C)c3)cc21. The standard InChI is InChI=1S/C16H21N3O/c1-17-16-5-3-4-13-6-7-14(8-15(13)16)20-11-12-9-18-19(2)10-12/h6-10,16-17H,3-5,11H2,1-2H3. The van der Waals surface area contributed by atoms with Crippen LogP contribution in [0.1, 0.15) is 35.6 Å². The van der Waals surface area contributed by atoms with Crippen molar-refractivity contribution in [2.24, 2.45) is 7.05 Å². The summed E-state index contributed by atoms with van der Waals surface area (Å²) in [5.74, 6) is 0.940. The van der Waals surface area contributed by atoms with E-state index >= 15 is 0 Å². The van der Waals surface area contributed by atoms with Gasteiger partial charge in [-0.25, -0.2) is 0 Å². The molecule has 0 bridgehead atoms. The number of hydrogen-bond donors (Lipinski definition) is 1. The highest BCUT2D eigenvalue weighted by atomic mass is 16.5. The highest BCUT2D eigenvalue weighted by molar-refractivity contribution is 5.39. The lowest BCUT2D eigenvalue weighted by molar-refractivity contribution is 0.305. The number of nitrogens with one attached hydrogen (secondary N) is 1. The molecule has 1 aliphatic carbocycles. The van der Waals surface area contributed by atoms with E-state index in [4.69, 9.17) is 4.74 Å².